The Morgan fingerprint density at radius 3 is 1.00 bits per heavy atom. The first-order chi connectivity index (χ1) is 4.50. The number of hydrogen-bond donors (Lipinski definition) is 0. The van der Waals surface area contributed by atoms with Crippen molar-refractivity contribution in [2.45, 2.75) is 17.5 Å². The van der Waals surface area contributed by atoms with E-state index in [1.165, 1.54) is 0 Å². The first kappa shape index (κ1) is 10.8. The molecule has 0 unspecified atom stereocenters. The molecule has 0 bridgehead atoms. The van der Waals surface area contributed by atoms with Crippen molar-refractivity contribution in [2.24, 2.45) is 0 Å². The average molecular weight is 204 g/mol. The predicted molar refractivity (Wildman–Crippen MR) is 21.8 cm³/mol. The maximum atomic E-state index is 11.4. The molecule has 0 aromatic rings. The van der Waals surface area contributed by atoms with Gasteiger partial charge in [-0.15, -0.1) is 0 Å². The van der Waals surface area contributed by atoms with E-state index in [9.17, 15) is 30.7 Å². The Balaban J connectivity index is 4.75. The molecule has 0 amide bonds. The molecule has 0 atom stereocenters. The van der Waals surface area contributed by atoms with Crippen LogP contribution in [0.3, 0.4) is 0 Å². The van der Waals surface area contributed by atoms with E-state index in [0.29, 0.717) is 0 Å². The molecule has 0 aliphatic heterocycles. The van der Waals surface area contributed by atoms with E-state index >= 15 is 0 Å². The summed E-state index contributed by atoms with van der Waals surface area (Å²) in [7, 11) is 0. The molecule has 0 nitrogen and oxygen atoms in total. The highest BCUT2D eigenvalue weighted by molar-refractivity contribution is 6.22. The monoisotopic (exact) mass is 204 g/mol. The molecule has 11 heavy (non-hydrogen) atoms. The minimum Gasteiger partial charge on any atom is -0.188 e. The van der Waals surface area contributed by atoms with Gasteiger partial charge in [0, 0.05) is 0 Å². The Morgan fingerprint density at radius 2 is 1.00 bits per heavy atom. The van der Waals surface area contributed by atoms with Crippen molar-refractivity contribution < 1.29 is 30.7 Å². The zero-order valence-corrected chi connectivity index (χ0v) is 5.28. The zero-order chi connectivity index (χ0) is 9.50. The second kappa shape index (κ2) is 2.40. The molecule has 0 aliphatic rings. The number of alkyl halides is 8. The topological polar surface area (TPSA) is 0 Å². The fourth-order valence-electron chi connectivity index (χ4n) is 0.161. The van der Waals surface area contributed by atoms with E-state index in [2.05, 4.69) is 11.6 Å². The zero-order valence-electron chi connectivity index (χ0n) is 4.52. The molecule has 0 heterocycles. The molecule has 0 fully saturated rings. The van der Waals surface area contributed by atoms with Gasteiger partial charge < -0.3 is 0 Å². The lowest BCUT2D eigenvalue weighted by Crippen LogP contribution is -2.48. The summed E-state index contributed by atoms with van der Waals surface area (Å²) in [6.07, 6.45) is -6.34. The highest BCUT2D eigenvalue weighted by Gasteiger charge is 2.72. The van der Waals surface area contributed by atoms with Crippen LogP contribution in [0.1, 0.15) is 0 Å². The fourth-order valence-corrected chi connectivity index (χ4v) is 0.268. The highest BCUT2D eigenvalue weighted by atomic mass is 35.5. The Kier molecular flexibility index (Phi) is 2.35. The molecule has 0 saturated carbocycles. The van der Waals surface area contributed by atoms with Gasteiger partial charge in [0.05, 0.1) is 0 Å². The molecule has 0 rings (SSSR count). The van der Waals surface area contributed by atoms with Gasteiger partial charge in [0.15, 0.2) is 0 Å². The average Bonchev–Trinajstić information content (AvgIpc) is 1.58. The summed E-state index contributed by atoms with van der Waals surface area (Å²) < 4.78 is 78.5. The molecule has 0 aromatic heterocycles. The number of hydrogen-bond acceptors (Lipinski definition) is 0. The first-order valence-electron chi connectivity index (χ1n) is 2.01. The standard InChI is InChI=1S/C3ClF7/c4-2(7,8)1(5,6)3(9,10)11. The lowest BCUT2D eigenvalue weighted by Gasteiger charge is -2.22. The van der Waals surface area contributed by atoms with Crippen molar-refractivity contribution >= 4 is 11.6 Å². The van der Waals surface area contributed by atoms with E-state index in [-0.39, 0.29) is 0 Å². The molecule has 0 aliphatic carbocycles. The summed E-state index contributed by atoms with van der Waals surface area (Å²) in [5, 5.41) is -5.61. The number of halogens is 8. The third-order valence-electron chi connectivity index (χ3n) is 0.712. The summed E-state index contributed by atoms with van der Waals surface area (Å²) >= 11 is 3.51. The summed E-state index contributed by atoms with van der Waals surface area (Å²) in [5.41, 5.74) is 0. The normalized spacial score (nSPS) is 15.3. The molecule has 0 aromatic carbocycles. The van der Waals surface area contributed by atoms with E-state index in [1.54, 1.807) is 0 Å². The molecular weight excluding hydrogens is 204 g/mol. The van der Waals surface area contributed by atoms with Crippen LogP contribution in [0.4, 0.5) is 30.7 Å². The molecule has 0 N–H and O–H groups in total. The summed E-state index contributed by atoms with van der Waals surface area (Å²) in [5.74, 6) is -6.19. The second-order valence-electron chi connectivity index (χ2n) is 1.57. The lowest BCUT2D eigenvalue weighted by atomic mass is 10.3. The SMILES string of the molecule is FC(F)(F)C(F)(F)C(F)(F)Cl. The van der Waals surface area contributed by atoms with E-state index in [4.69, 9.17) is 0 Å². The van der Waals surface area contributed by atoms with Crippen molar-refractivity contribution in [1.82, 2.24) is 0 Å². The summed E-state index contributed by atoms with van der Waals surface area (Å²) in [6.45, 7) is 0. The van der Waals surface area contributed by atoms with Crippen molar-refractivity contribution in [3.05, 3.63) is 0 Å². The first-order valence-corrected chi connectivity index (χ1v) is 2.39. The van der Waals surface area contributed by atoms with Crippen LogP contribution in [0, 0.1) is 0 Å². The van der Waals surface area contributed by atoms with Crippen molar-refractivity contribution in [3.8, 4) is 0 Å². The summed E-state index contributed by atoms with van der Waals surface area (Å²) in [6, 6.07) is 0. The summed E-state index contributed by atoms with van der Waals surface area (Å²) in [4.78, 5) is 0. The Bertz CT molecular complexity index is 125. The van der Waals surface area contributed by atoms with Crippen LogP contribution in [-0.2, 0) is 0 Å². The van der Waals surface area contributed by atoms with Gasteiger partial charge >= 0.3 is 17.5 Å². The molecule has 8 heteroatoms. The van der Waals surface area contributed by atoms with Crippen LogP contribution >= 0.6 is 11.6 Å². The Hall–Kier alpha value is -0.200. The van der Waals surface area contributed by atoms with Crippen LogP contribution < -0.4 is 0 Å². The Labute approximate surface area is 60.9 Å². The van der Waals surface area contributed by atoms with Crippen molar-refractivity contribution in [1.29, 1.82) is 0 Å². The molecule has 68 valence electrons. The van der Waals surface area contributed by atoms with Gasteiger partial charge in [0.25, 0.3) is 0 Å². The van der Waals surface area contributed by atoms with Crippen molar-refractivity contribution in [2.75, 3.05) is 0 Å². The van der Waals surface area contributed by atoms with Gasteiger partial charge in [-0.05, 0) is 11.6 Å². The van der Waals surface area contributed by atoms with Crippen LogP contribution in [-0.4, -0.2) is 17.5 Å². The minimum absolute atomic E-state index is 3.51. The van der Waals surface area contributed by atoms with Gasteiger partial charge in [0.1, 0.15) is 0 Å². The van der Waals surface area contributed by atoms with Gasteiger partial charge in [-0.2, -0.15) is 30.7 Å². The fraction of sp³-hybridized carbons (Fsp3) is 1.00. The second-order valence-corrected chi connectivity index (χ2v) is 2.04. The number of rotatable bonds is 1. The highest BCUT2D eigenvalue weighted by Crippen LogP contribution is 2.48. The molecule has 0 saturated heterocycles. The third kappa shape index (κ3) is 1.88. The van der Waals surface area contributed by atoms with E-state index < -0.39 is 17.5 Å². The molecule has 0 radical (unpaired) electrons. The van der Waals surface area contributed by atoms with Gasteiger partial charge in [-0.3, -0.25) is 0 Å². The van der Waals surface area contributed by atoms with E-state index in [1.807, 2.05) is 0 Å². The largest absolute Gasteiger partial charge is 0.461 e. The van der Waals surface area contributed by atoms with Gasteiger partial charge in [0.2, 0.25) is 0 Å². The predicted octanol–water partition coefficient (Wildman–Crippen LogP) is 3.02. The van der Waals surface area contributed by atoms with Crippen LogP contribution in [0.25, 0.3) is 0 Å². The lowest BCUT2D eigenvalue weighted by molar-refractivity contribution is -0.332. The van der Waals surface area contributed by atoms with Crippen LogP contribution in [0.2, 0.25) is 0 Å². The third-order valence-corrected chi connectivity index (χ3v) is 0.949. The van der Waals surface area contributed by atoms with Crippen molar-refractivity contribution in [3.63, 3.8) is 0 Å². The van der Waals surface area contributed by atoms with Gasteiger partial charge in [-0.25, -0.2) is 0 Å². The Morgan fingerprint density at radius 1 is 0.727 bits per heavy atom. The van der Waals surface area contributed by atoms with Crippen LogP contribution in [0.15, 0.2) is 0 Å². The van der Waals surface area contributed by atoms with Gasteiger partial charge in [-0.1, -0.05) is 0 Å². The molecule has 0 spiro atoms. The van der Waals surface area contributed by atoms with E-state index in [0.717, 1.165) is 0 Å². The quantitative estimate of drug-likeness (QED) is 0.455. The minimum atomic E-state index is -6.34. The smallest absolute Gasteiger partial charge is 0.188 e. The maximum Gasteiger partial charge on any atom is 0.461 e. The van der Waals surface area contributed by atoms with Crippen LogP contribution in [0.5, 0.6) is 0 Å². The maximum absolute atomic E-state index is 11.4. The molecular formula is C3ClF7.